The standard InChI is InChI=1S/C16H28N2O4/c1-4-7-13(18-16(20)22-11-6-3)14(21-10-5-2)15(19)17-12-8-9-12/h6,12-14H,3-5,7-11H2,1-2H3,(H,17,19)(H,18,20). The molecule has 2 N–H and O–H groups in total. The van der Waals surface area contributed by atoms with E-state index in [-0.39, 0.29) is 18.6 Å². The molecule has 1 rings (SSSR count). The predicted molar refractivity (Wildman–Crippen MR) is 84.6 cm³/mol. The van der Waals surface area contributed by atoms with Crippen molar-refractivity contribution in [2.24, 2.45) is 0 Å². The number of nitrogens with one attached hydrogen (secondary N) is 2. The molecular weight excluding hydrogens is 284 g/mol. The van der Waals surface area contributed by atoms with E-state index in [1.54, 1.807) is 0 Å². The van der Waals surface area contributed by atoms with Crippen LogP contribution in [-0.2, 0) is 14.3 Å². The van der Waals surface area contributed by atoms with Crippen molar-refractivity contribution < 1.29 is 19.1 Å². The molecule has 6 nitrogen and oxygen atoms in total. The molecule has 0 aliphatic heterocycles. The Bertz CT molecular complexity index is 369. The molecular formula is C16H28N2O4. The topological polar surface area (TPSA) is 76.7 Å². The molecule has 0 aromatic heterocycles. The van der Waals surface area contributed by atoms with Crippen molar-refractivity contribution in [3.05, 3.63) is 12.7 Å². The van der Waals surface area contributed by atoms with Crippen LogP contribution in [-0.4, -0.2) is 43.4 Å². The second kappa shape index (κ2) is 10.2. The van der Waals surface area contributed by atoms with Crippen molar-refractivity contribution in [3.8, 4) is 0 Å². The summed E-state index contributed by atoms with van der Waals surface area (Å²) in [4.78, 5) is 24.1. The highest BCUT2D eigenvalue weighted by atomic mass is 16.5. The van der Waals surface area contributed by atoms with E-state index in [0.717, 1.165) is 25.7 Å². The molecule has 0 saturated heterocycles. The van der Waals surface area contributed by atoms with Crippen LogP contribution < -0.4 is 10.6 Å². The lowest BCUT2D eigenvalue weighted by Gasteiger charge is -2.27. The monoisotopic (exact) mass is 312 g/mol. The summed E-state index contributed by atoms with van der Waals surface area (Å²) < 4.78 is 10.6. The van der Waals surface area contributed by atoms with E-state index in [9.17, 15) is 9.59 Å². The molecule has 2 unspecified atom stereocenters. The number of rotatable bonds is 11. The van der Waals surface area contributed by atoms with E-state index < -0.39 is 18.2 Å². The molecule has 1 aliphatic carbocycles. The molecule has 6 heteroatoms. The number of hydrogen-bond donors (Lipinski definition) is 2. The van der Waals surface area contributed by atoms with Crippen LogP contribution in [0.3, 0.4) is 0 Å². The van der Waals surface area contributed by atoms with Gasteiger partial charge in [0.2, 0.25) is 0 Å². The molecule has 0 radical (unpaired) electrons. The number of alkyl carbamates (subject to hydrolysis) is 1. The minimum absolute atomic E-state index is 0.138. The van der Waals surface area contributed by atoms with Crippen LogP contribution in [0.2, 0.25) is 0 Å². The van der Waals surface area contributed by atoms with Gasteiger partial charge in [-0.25, -0.2) is 4.79 Å². The third-order valence-corrected chi connectivity index (χ3v) is 3.28. The minimum Gasteiger partial charge on any atom is -0.445 e. The third-order valence-electron chi connectivity index (χ3n) is 3.28. The Morgan fingerprint density at radius 3 is 2.59 bits per heavy atom. The van der Waals surface area contributed by atoms with E-state index in [1.807, 2.05) is 13.8 Å². The lowest BCUT2D eigenvalue weighted by molar-refractivity contribution is -0.135. The SMILES string of the molecule is C=CCOC(=O)NC(CCC)C(OCCC)C(=O)NC1CC1. The van der Waals surface area contributed by atoms with Crippen LogP contribution in [0.4, 0.5) is 4.79 Å². The van der Waals surface area contributed by atoms with Gasteiger partial charge in [0.25, 0.3) is 5.91 Å². The van der Waals surface area contributed by atoms with Gasteiger partial charge in [0, 0.05) is 12.6 Å². The summed E-state index contributed by atoms with van der Waals surface area (Å²) in [5.74, 6) is -0.154. The van der Waals surface area contributed by atoms with Crippen molar-refractivity contribution in [3.63, 3.8) is 0 Å². The Morgan fingerprint density at radius 1 is 1.32 bits per heavy atom. The normalized spacial score (nSPS) is 16.5. The van der Waals surface area contributed by atoms with E-state index in [1.165, 1.54) is 6.08 Å². The van der Waals surface area contributed by atoms with E-state index >= 15 is 0 Å². The summed E-state index contributed by atoms with van der Waals surface area (Å²) >= 11 is 0. The van der Waals surface area contributed by atoms with Gasteiger partial charge in [-0.1, -0.05) is 32.9 Å². The van der Waals surface area contributed by atoms with Gasteiger partial charge in [-0.3, -0.25) is 4.79 Å². The van der Waals surface area contributed by atoms with Crippen LogP contribution >= 0.6 is 0 Å². The summed E-state index contributed by atoms with van der Waals surface area (Å²) in [6, 6.07) is -0.136. The van der Waals surface area contributed by atoms with Crippen molar-refractivity contribution in [1.82, 2.24) is 10.6 Å². The van der Waals surface area contributed by atoms with Gasteiger partial charge in [0.15, 0.2) is 6.10 Å². The summed E-state index contributed by atoms with van der Waals surface area (Å²) in [6.45, 7) is 8.10. The number of carbonyl (C=O) groups is 2. The Kier molecular flexibility index (Phi) is 8.58. The Hall–Kier alpha value is -1.56. The average Bonchev–Trinajstić information content (AvgIpc) is 3.29. The average molecular weight is 312 g/mol. The largest absolute Gasteiger partial charge is 0.445 e. The summed E-state index contributed by atoms with van der Waals surface area (Å²) in [5, 5.41) is 5.69. The Balaban J connectivity index is 2.66. The fourth-order valence-electron chi connectivity index (χ4n) is 2.07. The third kappa shape index (κ3) is 6.93. The maximum Gasteiger partial charge on any atom is 0.407 e. The predicted octanol–water partition coefficient (Wildman–Crippen LogP) is 2.14. The van der Waals surface area contributed by atoms with Crippen LogP contribution in [0, 0.1) is 0 Å². The first-order chi connectivity index (χ1) is 10.6. The maximum atomic E-state index is 12.4. The van der Waals surface area contributed by atoms with Gasteiger partial charge in [-0.15, -0.1) is 0 Å². The van der Waals surface area contributed by atoms with Crippen molar-refractivity contribution in [1.29, 1.82) is 0 Å². The van der Waals surface area contributed by atoms with E-state index in [0.29, 0.717) is 13.0 Å². The summed E-state index contributed by atoms with van der Waals surface area (Å²) in [5.41, 5.74) is 0. The van der Waals surface area contributed by atoms with E-state index in [2.05, 4.69) is 17.2 Å². The molecule has 2 amide bonds. The molecule has 0 aromatic carbocycles. The smallest absolute Gasteiger partial charge is 0.407 e. The van der Waals surface area contributed by atoms with E-state index in [4.69, 9.17) is 9.47 Å². The Morgan fingerprint density at radius 2 is 2.05 bits per heavy atom. The van der Waals surface area contributed by atoms with Crippen molar-refractivity contribution >= 4 is 12.0 Å². The van der Waals surface area contributed by atoms with Crippen LogP contribution in [0.5, 0.6) is 0 Å². The lowest BCUT2D eigenvalue weighted by Crippen LogP contribution is -2.52. The van der Waals surface area contributed by atoms with Crippen LogP contribution in [0.25, 0.3) is 0 Å². The van der Waals surface area contributed by atoms with Crippen molar-refractivity contribution in [2.75, 3.05) is 13.2 Å². The zero-order valence-electron chi connectivity index (χ0n) is 13.6. The highest BCUT2D eigenvalue weighted by molar-refractivity contribution is 5.83. The number of hydrogen-bond acceptors (Lipinski definition) is 4. The fourth-order valence-corrected chi connectivity index (χ4v) is 2.07. The highest BCUT2D eigenvalue weighted by Gasteiger charge is 2.33. The highest BCUT2D eigenvalue weighted by Crippen LogP contribution is 2.19. The number of amides is 2. The van der Waals surface area contributed by atoms with Gasteiger partial charge in [-0.2, -0.15) is 0 Å². The molecule has 1 aliphatic rings. The summed E-state index contributed by atoms with van der Waals surface area (Å²) in [7, 11) is 0. The van der Waals surface area contributed by atoms with Gasteiger partial charge in [0.1, 0.15) is 6.61 Å². The second-order valence-electron chi connectivity index (χ2n) is 5.50. The number of ether oxygens (including phenoxy) is 2. The lowest BCUT2D eigenvalue weighted by atomic mass is 10.0. The maximum absolute atomic E-state index is 12.4. The number of carbonyl (C=O) groups excluding carboxylic acids is 2. The molecule has 1 saturated carbocycles. The Labute approximate surface area is 132 Å². The molecule has 0 spiro atoms. The quantitative estimate of drug-likeness (QED) is 0.573. The first-order valence-electron chi connectivity index (χ1n) is 8.08. The first-order valence-corrected chi connectivity index (χ1v) is 8.08. The molecule has 0 aromatic rings. The van der Waals surface area contributed by atoms with Crippen molar-refractivity contribution in [2.45, 2.75) is 64.1 Å². The van der Waals surface area contributed by atoms with Gasteiger partial charge >= 0.3 is 6.09 Å². The van der Waals surface area contributed by atoms with Crippen LogP contribution in [0.1, 0.15) is 46.0 Å². The first kappa shape index (κ1) is 18.5. The second-order valence-corrected chi connectivity index (χ2v) is 5.50. The zero-order valence-corrected chi connectivity index (χ0v) is 13.6. The molecule has 0 heterocycles. The zero-order chi connectivity index (χ0) is 16.4. The molecule has 2 atom stereocenters. The molecule has 126 valence electrons. The fraction of sp³-hybridized carbons (Fsp3) is 0.750. The van der Waals surface area contributed by atoms with Gasteiger partial charge < -0.3 is 20.1 Å². The summed E-state index contributed by atoms with van der Waals surface area (Å²) in [6.07, 6.45) is 4.58. The minimum atomic E-state index is -0.684. The van der Waals surface area contributed by atoms with Crippen LogP contribution in [0.15, 0.2) is 12.7 Å². The molecule has 0 bridgehead atoms. The molecule has 1 fully saturated rings. The molecule has 22 heavy (non-hydrogen) atoms. The van der Waals surface area contributed by atoms with Gasteiger partial charge in [-0.05, 0) is 25.7 Å². The van der Waals surface area contributed by atoms with Gasteiger partial charge in [0.05, 0.1) is 6.04 Å².